The fourth-order valence-electron chi connectivity index (χ4n) is 6.23. The van der Waals surface area contributed by atoms with Gasteiger partial charge >= 0.3 is 0 Å². The minimum atomic E-state index is -3.86. The SMILES string of the molecule is CN(CCCCCC(=O)C[C@@H](CO)[C@@H](O)[C@H](O)[C@H](O)CO)S(=O)(=O)c1ccc(Cl)c(COC2(c3cnccc3-c3ccccc3OC3CC3)CC2)c1. The van der Waals surface area contributed by atoms with E-state index in [1.54, 1.807) is 18.3 Å². The number of aliphatic hydroxyl groups excluding tert-OH is 5. The number of sulfonamides is 1. The van der Waals surface area contributed by atoms with Crippen molar-refractivity contribution in [3.05, 3.63) is 77.1 Å². The van der Waals surface area contributed by atoms with Crippen molar-refractivity contribution in [3.63, 3.8) is 0 Å². The van der Waals surface area contributed by atoms with Gasteiger partial charge in [-0.15, -0.1) is 0 Å². The summed E-state index contributed by atoms with van der Waals surface area (Å²) in [7, 11) is -2.36. The average Bonchev–Trinajstić information content (AvgIpc) is 4.10. The van der Waals surface area contributed by atoms with E-state index in [1.807, 2.05) is 36.5 Å². The monoisotopic (exact) mass is 760 g/mol. The maximum atomic E-state index is 13.5. The Morgan fingerprint density at radius 1 is 1.00 bits per heavy atom. The third-order valence-electron chi connectivity index (χ3n) is 9.81. The lowest BCUT2D eigenvalue weighted by Gasteiger charge is -2.27. The number of carbonyl (C=O) groups excluding carboxylic acids is 1. The largest absolute Gasteiger partial charge is 0.490 e. The Hall–Kier alpha value is -2.98. The number of para-hydroxylation sites is 1. The number of nitrogens with zero attached hydrogens (tertiary/aromatic N) is 2. The molecule has 284 valence electrons. The van der Waals surface area contributed by atoms with Gasteiger partial charge < -0.3 is 35.0 Å². The van der Waals surface area contributed by atoms with Crippen LogP contribution >= 0.6 is 11.6 Å². The molecule has 2 aliphatic rings. The molecule has 52 heavy (non-hydrogen) atoms. The van der Waals surface area contributed by atoms with Crippen LogP contribution in [0.25, 0.3) is 11.1 Å². The van der Waals surface area contributed by atoms with E-state index in [0.29, 0.717) is 29.8 Å². The van der Waals surface area contributed by atoms with Gasteiger partial charge in [-0.1, -0.05) is 36.2 Å². The van der Waals surface area contributed by atoms with E-state index in [4.69, 9.17) is 26.2 Å². The smallest absolute Gasteiger partial charge is 0.242 e. The van der Waals surface area contributed by atoms with Crippen LogP contribution in [0.15, 0.2) is 65.8 Å². The Morgan fingerprint density at radius 2 is 1.75 bits per heavy atom. The van der Waals surface area contributed by atoms with Gasteiger partial charge in [0, 0.05) is 67.5 Å². The Bertz CT molecular complexity index is 1770. The van der Waals surface area contributed by atoms with Crippen molar-refractivity contribution in [2.75, 3.05) is 26.8 Å². The highest BCUT2D eigenvalue weighted by Crippen LogP contribution is 2.53. The van der Waals surface area contributed by atoms with Crippen LogP contribution in [0.5, 0.6) is 5.75 Å². The van der Waals surface area contributed by atoms with Crippen LogP contribution in [0.4, 0.5) is 0 Å². The van der Waals surface area contributed by atoms with Crippen molar-refractivity contribution in [2.45, 2.75) is 99.3 Å². The summed E-state index contributed by atoms with van der Waals surface area (Å²) < 4.78 is 41.1. The molecule has 12 nitrogen and oxygen atoms in total. The number of hydrogen-bond acceptors (Lipinski definition) is 11. The number of Topliss-reactive ketones (excluding diaryl/α,β-unsaturated/α-hetero) is 1. The van der Waals surface area contributed by atoms with Crippen molar-refractivity contribution in [1.29, 1.82) is 0 Å². The van der Waals surface area contributed by atoms with Crippen LogP contribution in [-0.4, -0.2) is 100 Å². The molecule has 2 saturated carbocycles. The lowest BCUT2D eigenvalue weighted by Crippen LogP contribution is -2.45. The van der Waals surface area contributed by atoms with Crippen LogP contribution in [-0.2, 0) is 31.8 Å². The molecule has 2 fully saturated rings. The van der Waals surface area contributed by atoms with Crippen LogP contribution in [0.3, 0.4) is 0 Å². The number of pyridine rings is 1. The first-order valence-electron chi connectivity index (χ1n) is 17.8. The molecule has 0 aliphatic heterocycles. The van der Waals surface area contributed by atoms with Gasteiger partial charge in [-0.3, -0.25) is 9.78 Å². The zero-order valence-electron chi connectivity index (χ0n) is 29.3. The second-order valence-corrected chi connectivity index (χ2v) is 16.3. The van der Waals surface area contributed by atoms with Crippen LogP contribution in [0.1, 0.15) is 68.9 Å². The van der Waals surface area contributed by atoms with E-state index in [9.17, 15) is 33.6 Å². The number of halogens is 1. The molecule has 1 aromatic heterocycles. The van der Waals surface area contributed by atoms with Gasteiger partial charge in [0.25, 0.3) is 0 Å². The van der Waals surface area contributed by atoms with E-state index < -0.39 is 53.1 Å². The van der Waals surface area contributed by atoms with E-state index >= 15 is 0 Å². The highest BCUT2D eigenvalue weighted by molar-refractivity contribution is 7.89. The average molecular weight is 761 g/mol. The number of ether oxygens (including phenoxy) is 2. The fraction of sp³-hybridized carbons (Fsp3) is 0.526. The lowest BCUT2D eigenvalue weighted by molar-refractivity contribution is -0.127. The minimum Gasteiger partial charge on any atom is -0.490 e. The summed E-state index contributed by atoms with van der Waals surface area (Å²) in [4.78, 5) is 17.0. The lowest BCUT2D eigenvalue weighted by atomic mass is 9.90. The van der Waals surface area contributed by atoms with Crippen molar-refractivity contribution in [1.82, 2.24) is 9.29 Å². The molecule has 5 N–H and O–H groups in total. The van der Waals surface area contributed by atoms with Crippen molar-refractivity contribution >= 4 is 27.4 Å². The number of carbonyl (C=O) groups is 1. The maximum absolute atomic E-state index is 13.5. The fourth-order valence-corrected chi connectivity index (χ4v) is 7.66. The van der Waals surface area contributed by atoms with Crippen molar-refractivity contribution in [2.24, 2.45) is 5.92 Å². The standard InChI is InChI=1S/C38H49ClN2O10S/c1-41(18-6-2-3-7-27(44)19-25(22-42)36(46)37(47)34(45)23-43)52(48,49)29-12-13-33(39)26(20-29)24-50-38(15-16-38)32-21-40-17-14-30(32)31-8-4-5-9-35(31)51-28-10-11-28/h4-5,8-9,12-14,17,20-21,25,28,34,36-37,42-43,45-47H,2-3,6-7,10-11,15-16,18-19,22-24H2,1H3/t25-,34+,36+,37+/m0/s1. The molecule has 2 aromatic carbocycles. The number of aromatic nitrogens is 1. The first-order chi connectivity index (χ1) is 24.9. The second-order valence-electron chi connectivity index (χ2n) is 13.8. The number of ketones is 1. The number of rotatable bonds is 22. The zero-order valence-corrected chi connectivity index (χ0v) is 30.9. The molecule has 4 atom stereocenters. The molecule has 2 aliphatic carbocycles. The highest BCUT2D eigenvalue weighted by Gasteiger charge is 2.48. The second kappa shape index (κ2) is 17.9. The van der Waals surface area contributed by atoms with Crippen LogP contribution in [0, 0.1) is 5.92 Å². The van der Waals surface area contributed by atoms with Gasteiger partial charge in [0.05, 0.1) is 35.9 Å². The van der Waals surface area contributed by atoms with Gasteiger partial charge in [0.2, 0.25) is 10.0 Å². The normalized spacial score (nSPS) is 17.8. The highest BCUT2D eigenvalue weighted by atomic mass is 35.5. The Morgan fingerprint density at radius 3 is 2.44 bits per heavy atom. The molecule has 0 amide bonds. The predicted octanol–water partition coefficient (Wildman–Crippen LogP) is 3.97. The molecule has 14 heteroatoms. The van der Waals surface area contributed by atoms with E-state index in [1.165, 1.54) is 17.4 Å². The van der Waals surface area contributed by atoms with E-state index in [-0.39, 0.29) is 42.8 Å². The molecule has 0 unspecified atom stereocenters. The molecule has 0 radical (unpaired) electrons. The number of hydrogen-bond donors (Lipinski definition) is 5. The Balaban J connectivity index is 1.15. The molecule has 0 bridgehead atoms. The summed E-state index contributed by atoms with van der Waals surface area (Å²) in [5.41, 5.74) is 2.87. The predicted molar refractivity (Wildman–Crippen MR) is 194 cm³/mol. The van der Waals surface area contributed by atoms with Gasteiger partial charge in [-0.2, -0.15) is 0 Å². The number of aliphatic hydroxyl groups is 5. The third kappa shape index (κ3) is 9.95. The summed E-state index contributed by atoms with van der Waals surface area (Å²) >= 11 is 6.55. The number of benzene rings is 2. The van der Waals surface area contributed by atoms with Crippen molar-refractivity contribution < 1.29 is 48.2 Å². The minimum absolute atomic E-state index is 0.0911. The quantitative estimate of drug-likeness (QED) is 0.0934. The third-order valence-corrected chi connectivity index (χ3v) is 12.0. The summed E-state index contributed by atoms with van der Waals surface area (Å²) in [5, 5.41) is 48.6. The number of unbranched alkanes of at least 4 members (excludes halogenated alkanes) is 2. The summed E-state index contributed by atoms with van der Waals surface area (Å²) in [6.07, 6.45) is 4.05. The van der Waals surface area contributed by atoms with Gasteiger partial charge in [-0.25, -0.2) is 12.7 Å². The molecule has 5 rings (SSSR count). The van der Waals surface area contributed by atoms with E-state index in [2.05, 4.69) is 4.98 Å². The summed E-state index contributed by atoms with van der Waals surface area (Å²) in [6.45, 7) is -1.04. The first kappa shape index (κ1) is 40.2. The first-order valence-corrected chi connectivity index (χ1v) is 19.6. The molecule has 0 spiro atoms. The van der Waals surface area contributed by atoms with Gasteiger partial charge in [0.15, 0.2) is 0 Å². The summed E-state index contributed by atoms with van der Waals surface area (Å²) in [5.74, 6) is -0.416. The molecular formula is C38H49ClN2O10S. The zero-order chi connectivity index (χ0) is 37.5. The molecular weight excluding hydrogens is 712 g/mol. The Labute approximate surface area is 310 Å². The summed E-state index contributed by atoms with van der Waals surface area (Å²) in [6, 6.07) is 14.5. The Kier molecular flexibility index (Phi) is 13.8. The molecule has 1 heterocycles. The van der Waals surface area contributed by atoms with Crippen molar-refractivity contribution in [3.8, 4) is 16.9 Å². The topological polar surface area (TPSA) is 187 Å². The maximum Gasteiger partial charge on any atom is 0.242 e. The molecule has 3 aromatic rings. The van der Waals surface area contributed by atoms with Gasteiger partial charge in [0.1, 0.15) is 23.7 Å². The van der Waals surface area contributed by atoms with Crippen LogP contribution < -0.4 is 4.74 Å². The van der Waals surface area contributed by atoms with Gasteiger partial charge in [-0.05, 0) is 80.0 Å². The molecule has 0 saturated heterocycles. The van der Waals surface area contributed by atoms with Crippen LogP contribution in [0.2, 0.25) is 5.02 Å². The van der Waals surface area contributed by atoms with E-state index in [0.717, 1.165) is 48.1 Å².